The normalized spacial score (nSPS) is 22.0. The van der Waals surface area contributed by atoms with Gasteiger partial charge >= 0.3 is 6.09 Å². The van der Waals surface area contributed by atoms with Crippen LogP contribution in [0.3, 0.4) is 0 Å². The van der Waals surface area contributed by atoms with Crippen LogP contribution < -0.4 is 9.80 Å². The first-order valence-corrected chi connectivity index (χ1v) is 6.58. The number of aryl methyl sites for hydroxylation is 1. The predicted molar refractivity (Wildman–Crippen MR) is 72.9 cm³/mol. The van der Waals surface area contributed by atoms with E-state index >= 15 is 0 Å². The van der Waals surface area contributed by atoms with Crippen LogP contribution in [0, 0.1) is 0 Å². The zero-order chi connectivity index (χ0) is 14.3. The molecule has 1 aromatic carbocycles. The third-order valence-corrected chi connectivity index (χ3v) is 3.80. The van der Waals surface area contributed by atoms with Crippen LogP contribution in [-0.4, -0.2) is 43.4 Å². The highest BCUT2D eigenvalue weighted by Gasteiger charge is 2.32. The molecule has 0 radical (unpaired) electrons. The summed E-state index contributed by atoms with van der Waals surface area (Å²) in [5, 5.41) is 9.06. The molecule has 0 saturated carbocycles. The van der Waals surface area contributed by atoms with E-state index in [9.17, 15) is 9.59 Å². The first-order chi connectivity index (χ1) is 9.60. The van der Waals surface area contributed by atoms with E-state index in [1.54, 1.807) is 18.0 Å². The summed E-state index contributed by atoms with van der Waals surface area (Å²) in [6.07, 6.45) is 0.252. The Morgan fingerprint density at radius 3 is 2.85 bits per heavy atom. The first-order valence-electron chi connectivity index (χ1n) is 6.58. The Morgan fingerprint density at radius 2 is 2.15 bits per heavy atom. The van der Waals surface area contributed by atoms with Gasteiger partial charge in [-0.05, 0) is 30.2 Å². The lowest BCUT2D eigenvalue weighted by Gasteiger charge is -2.27. The first kappa shape index (κ1) is 12.9. The van der Waals surface area contributed by atoms with Crippen LogP contribution in [0.15, 0.2) is 18.2 Å². The number of amides is 2. The molecule has 106 valence electrons. The maximum atomic E-state index is 11.8. The summed E-state index contributed by atoms with van der Waals surface area (Å²) in [4.78, 5) is 26.6. The van der Waals surface area contributed by atoms with Gasteiger partial charge in [-0.15, -0.1) is 0 Å². The number of aliphatic hydroxyl groups is 1. The molecule has 2 aliphatic heterocycles. The lowest BCUT2D eigenvalue weighted by atomic mass is 10.0. The van der Waals surface area contributed by atoms with E-state index in [1.807, 2.05) is 12.1 Å². The van der Waals surface area contributed by atoms with Crippen LogP contribution in [0.25, 0.3) is 0 Å². The zero-order valence-electron chi connectivity index (χ0n) is 11.2. The number of carbonyl (C=O) groups excluding carboxylic acids is 2. The SMILES string of the molecule is CN1C(=O)CCc2cc(N3CC(CO)OC3=O)ccc21. The third kappa shape index (κ3) is 2.02. The molecule has 1 unspecified atom stereocenters. The van der Waals surface area contributed by atoms with Crippen LogP contribution >= 0.6 is 0 Å². The molecule has 3 rings (SSSR count). The Morgan fingerprint density at radius 1 is 1.35 bits per heavy atom. The molecule has 1 fully saturated rings. The maximum absolute atomic E-state index is 11.8. The van der Waals surface area contributed by atoms with Crippen molar-refractivity contribution in [2.75, 3.05) is 30.0 Å². The quantitative estimate of drug-likeness (QED) is 0.871. The number of hydrogen-bond donors (Lipinski definition) is 1. The Bertz CT molecular complexity index is 572. The van der Waals surface area contributed by atoms with E-state index in [4.69, 9.17) is 9.84 Å². The van der Waals surface area contributed by atoms with Gasteiger partial charge in [-0.3, -0.25) is 9.69 Å². The largest absolute Gasteiger partial charge is 0.441 e. The number of carbonyl (C=O) groups is 2. The number of benzene rings is 1. The van der Waals surface area contributed by atoms with Crippen molar-refractivity contribution in [1.29, 1.82) is 0 Å². The Balaban J connectivity index is 1.90. The molecule has 20 heavy (non-hydrogen) atoms. The van der Waals surface area contributed by atoms with Crippen molar-refractivity contribution in [1.82, 2.24) is 0 Å². The number of rotatable bonds is 2. The molecule has 6 nitrogen and oxygen atoms in total. The molecule has 2 heterocycles. The van der Waals surface area contributed by atoms with Crippen molar-refractivity contribution in [2.24, 2.45) is 0 Å². The third-order valence-electron chi connectivity index (χ3n) is 3.80. The molecule has 0 aromatic heterocycles. The molecule has 1 N–H and O–H groups in total. The van der Waals surface area contributed by atoms with Crippen molar-refractivity contribution >= 4 is 23.4 Å². The van der Waals surface area contributed by atoms with Crippen molar-refractivity contribution in [3.05, 3.63) is 23.8 Å². The number of ether oxygens (including phenoxy) is 1. The van der Waals surface area contributed by atoms with Crippen molar-refractivity contribution in [3.8, 4) is 0 Å². The second kappa shape index (κ2) is 4.79. The van der Waals surface area contributed by atoms with Gasteiger partial charge in [-0.1, -0.05) is 0 Å². The maximum Gasteiger partial charge on any atom is 0.414 e. The average Bonchev–Trinajstić information content (AvgIpc) is 2.84. The summed E-state index contributed by atoms with van der Waals surface area (Å²) in [6.45, 7) is 0.174. The molecule has 2 aliphatic rings. The Labute approximate surface area is 116 Å². The molecule has 1 atom stereocenters. The van der Waals surface area contributed by atoms with Crippen LogP contribution in [0.1, 0.15) is 12.0 Å². The zero-order valence-corrected chi connectivity index (χ0v) is 11.2. The minimum atomic E-state index is -0.470. The number of anilines is 2. The van der Waals surface area contributed by atoms with Gasteiger partial charge in [-0.2, -0.15) is 0 Å². The van der Waals surface area contributed by atoms with Gasteiger partial charge in [0.05, 0.1) is 13.2 Å². The fourth-order valence-electron chi connectivity index (χ4n) is 2.64. The summed E-state index contributed by atoms with van der Waals surface area (Å²) in [5.41, 5.74) is 2.67. The summed E-state index contributed by atoms with van der Waals surface area (Å²) in [7, 11) is 1.76. The lowest BCUT2D eigenvalue weighted by molar-refractivity contribution is -0.118. The topological polar surface area (TPSA) is 70.1 Å². The van der Waals surface area contributed by atoms with Crippen LogP contribution in [0.5, 0.6) is 0 Å². The summed E-state index contributed by atoms with van der Waals surface area (Å²) >= 11 is 0. The van der Waals surface area contributed by atoms with Crippen molar-refractivity contribution < 1.29 is 19.4 Å². The van der Waals surface area contributed by atoms with Crippen LogP contribution in [0.4, 0.5) is 16.2 Å². The number of fused-ring (bicyclic) bond motifs is 1. The molecule has 1 saturated heterocycles. The van der Waals surface area contributed by atoms with E-state index in [2.05, 4.69) is 0 Å². The standard InChI is InChI=1S/C14H16N2O4/c1-15-12-4-3-10(6-9(12)2-5-13(15)18)16-7-11(8-17)20-14(16)19/h3-4,6,11,17H,2,5,7-8H2,1H3. The van der Waals surface area contributed by atoms with E-state index in [0.29, 0.717) is 19.4 Å². The fraction of sp³-hybridized carbons (Fsp3) is 0.429. The molecule has 0 aliphatic carbocycles. The molecule has 0 bridgehead atoms. The minimum absolute atomic E-state index is 0.103. The van der Waals surface area contributed by atoms with Gasteiger partial charge in [0.2, 0.25) is 5.91 Å². The molecular formula is C14H16N2O4. The van der Waals surface area contributed by atoms with Gasteiger partial charge < -0.3 is 14.7 Å². The minimum Gasteiger partial charge on any atom is -0.441 e. The molecule has 6 heteroatoms. The number of cyclic esters (lactones) is 1. The Hall–Kier alpha value is -2.08. The smallest absolute Gasteiger partial charge is 0.414 e. The molecule has 1 aromatic rings. The lowest BCUT2D eigenvalue weighted by Crippen LogP contribution is -2.31. The average molecular weight is 276 g/mol. The van der Waals surface area contributed by atoms with Gasteiger partial charge in [0, 0.05) is 24.8 Å². The predicted octanol–water partition coefficient (Wildman–Crippen LogP) is 0.913. The van der Waals surface area contributed by atoms with Crippen LogP contribution in [0.2, 0.25) is 0 Å². The molecule has 2 amide bonds. The Kier molecular flexibility index (Phi) is 3.10. The second-order valence-corrected chi connectivity index (χ2v) is 5.06. The van der Waals surface area contributed by atoms with E-state index < -0.39 is 12.2 Å². The number of nitrogens with zero attached hydrogens (tertiary/aromatic N) is 2. The van der Waals surface area contributed by atoms with E-state index in [0.717, 1.165) is 16.9 Å². The highest BCUT2D eigenvalue weighted by molar-refractivity contribution is 5.97. The molecular weight excluding hydrogens is 260 g/mol. The van der Waals surface area contributed by atoms with E-state index in [-0.39, 0.29) is 12.5 Å². The van der Waals surface area contributed by atoms with Crippen molar-refractivity contribution in [2.45, 2.75) is 18.9 Å². The van der Waals surface area contributed by atoms with Gasteiger partial charge in [0.25, 0.3) is 0 Å². The fourth-order valence-corrected chi connectivity index (χ4v) is 2.64. The monoisotopic (exact) mass is 276 g/mol. The van der Waals surface area contributed by atoms with Crippen molar-refractivity contribution in [3.63, 3.8) is 0 Å². The number of aliphatic hydroxyl groups excluding tert-OH is 1. The molecule has 0 spiro atoms. The highest BCUT2D eigenvalue weighted by Crippen LogP contribution is 2.32. The summed E-state index contributed by atoms with van der Waals surface area (Å²) < 4.78 is 5.03. The number of hydrogen-bond acceptors (Lipinski definition) is 4. The summed E-state index contributed by atoms with van der Waals surface area (Å²) in [5.74, 6) is 0.103. The van der Waals surface area contributed by atoms with Gasteiger partial charge in [-0.25, -0.2) is 4.79 Å². The second-order valence-electron chi connectivity index (χ2n) is 5.06. The van der Waals surface area contributed by atoms with Gasteiger partial charge in [0.1, 0.15) is 6.10 Å². The van der Waals surface area contributed by atoms with Crippen LogP contribution in [-0.2, 0) is 16.0 Å². The highest BCUT2D eigenvalue weighted by atomic mass is 16.6. The summed E-state index contributed by atoms with van der Waals surface area (Å²) in [6, 6.07) is 5.56. The van der Waals surface area contributed by atoms with E-state index in [1.165, 1.54) is 4.90 Å². The van der Waals surface area contributed by atoms with Gasteiger partial charge in [0.15, 0.2) is 0 Å².